The maximum atomic E-state index is 10.7. The molecular formula is C6H9N3O2. The molecule has 1 rings (SSSR count). The van der Waals surface area contributed by atoms with Crippen LogP contribution in [-0.2, 0) is 0 Å². The molecule has 0 aliphatic heterocycles. The summed E-state index contributed by atoms with van der Waals surface area (Å²) >= 11 is 0. The summed E-state index contributed by atoms with van der Waals surface area (Å²) in [5.74, 6) is 0. The summed E-state index contributed by atoms with van der Waals surface area (Å²) in [6.07, 6.45) is 0. The second-order valence-electron chi connectivity index (χ2n) is 2.33. The van der Waals surface area contributed by atoms with Crippen molar-refractivity contribution in [1.82, 2.24) is 9.97 Å². The average Bonchev–Trinajstić information content (AvgIpc) is 1.85. The molecule has 1 aromatic rings. The number of rotatable bonds is 1. The van der Waals surface area contributed by atoms with Gasteiger partial charge in [-0.05, 0) is 6.92 Å². The summed E-state index contributed by atoms with van der Waals surface area (Å²) in [7, 11) is 0. The summed E-state index contributed by atoms with van der Waals surface area (Å²) in [4.78, 5) is 25.8. The summed E-state index contributed by atoms with van der Waals surface area (Å²) in [6.45, 7) is 1.69. The minimum atomic E-state index is -0.523. The molecule has 4 N–H and O–H groups in total. The monoisotopic (exact) mass is 155 g/mol. The SMILES string of the molecule is CC(N)c1cc(=O)[nH]c(=O)[nH]1. The minimum Gasteiger partial charge on any atom is -0.323 e. The maximum Gasteiger partial charge on any atom is 0.325 e. The molecule has 0 aliphatic carbocycles. The van der Waals surface area contributed by atoms with Crippen LogP contribution >= 0.6 is 0 Å². The molecule has 0 radical (unpaired) electrons. The molecule has 5 heteroatoms. The van der Waals surface area contributed by atoms with Crippen molar-refractivity contribution in [3.8, 4) is 0 Å². The van der Waals surface area contributed by atoms with Gasteiger partial charge in [-0.15, -0.1) is 0 Å². The van der Waals surface area contributed by atoms with Crippen LogP contribution in [0.5, 0.6) is 0 Å². The molecule has 0 amide bonds. The number of H-pyrrole nitrogens is 2. The van der Waals surface area contributed by atoms with E-state index in [9.17, 15) is 9.59 Å². The Morgan fingerprint density at radius 1 is 1.45 bits per heavy atom. The van der Waals surface area contributed by atoms with E-state index in [0.717, 1.165) is 0 Å². The third-order valence-corrected chi connectivity index (χ3v) is 1.27. The van der Waals surface area contributed by atoms with Gasteiger partial charge in [-0.3, -0.25) is 9.78 Å². The fraction of sp³-hybridized carbons (Fsp3) is 0.333. The van der Waals surface area contributed by atoms with Crippen LogP contribution in [0.4, 0.5) is 0 Å². The van der Waals surface area contributed by atoms with E-state index < -0.39 is 11.2 Å². The average molecular weight is 155 g/mol. The van der Waals surface area contributed by atoms with Crippen molar-refractivity contribution in [3.63, 3.8) is 0 Å². The second kappa shape index (κ2) is 2.71. The number of hydrogen-bond acceptors (Lipinski definition) is 3. The molecule has 60 valence electrons. The predicted octanol–water partition coefficient (Wildman–Crippen LogP) is -0.917. The Morgan fingerprint density at radius 2 is 2.09 bits per heavy atom. The summed E-state index contributed by atoms with van der Waals surface area (Å²) in [5, 5.41) is 0. The van der Waals surface area contributed by atoms with Crippen LogP contribution in [0.25, 0.3) is 0 Å². The summed E-state index contributed by atoms with van der Waals surface area (Å²) in [6, 6.07) is 0.941. The molecule has 5 nitrogen and oxygen atoms in total. The zero-order valence-electron chi connectivity index (χ0n) is 6.05. The van der Waals surface area contributed by atoms with Crippen molar-refractivity contribution in [2.75, 3.05) is 0 Å². The van der Waals surface area contributed by atoms with Crippen molar-refractivity contribution in [1.29, 1.82) is 0 Å². The minimum absolute atomic E-state index is 0.329. The van der Waals surface area contributed by atoms with Crippen molar-refractivity contribution in [2.45, 2.75) is 13.0 Å². The Balaban J connectivity index is 3.30. The normalized spacial score (nSPS) is 12.9. The van der Waals surface area contributed by atoms with Crippen LogP contribution < -0.4 is 17.0 Å². The van der Waals surface area contributed by atoms with E-state index in [-0.39, 0.29) is 6.04 Å². The predicted molar refractivity (Wildman–Crippen MR) is 40.3 cm³/mol. The van der Waals surface area contributed by atoms with Gasteiger partial charge < -0.3 is 10.7 Å². The highest BCUT2D eigenvalue weighted by atomic mass is 16.2. The van der Waals surface area contributed by atoms with Gasteiger partial charge in [0.2, 0.25) is 0 Å². The van der Waals surface area contributed by atoms with Crippen molar-refractivity contribution in [2.24, 2.45) is 5.73 Å². The lowest BCUT2D eigenvalue weighted by Crippen LogP contribution is -2.25. The zero-order valence-corrected chi connectivity index (χ0v) is 6.05. The first kappa shape index (κ1) is 7.74. The van der Waals surface area contributed by atoms with Gasteiger partial charge in [-0.1, -0.05) is 0 Å². The van der Waals surface area contributed by atoms with E-state index >= 15 is 0 Å². The molecule has 1 aromatic heterocycles. The molecule has 0 saturated carbocycles. The van der Waals surface area contributed by atoms with Crippen molar-refractivity contribution >= 4 is 0 Å². The largest absolute Gasteiger partial charge is 0.325 e. The summed E-state index contributed by atoms with van der Waals surface area (Å²) < 4.78 is 0. The first-order chi connectivity index (χ1) is 5.09. The lowest BCUT2D eigenvalue weighted by atomic mass is 10.2. The van der Waals surface area contributed by atoms with Gasteiger partial charge in [0.15, 0.2) is 0 Å². The summed E-state index contributed by atoms with van der Waals surface area (Å²) in [5.41, 5.74) is 4.92. The fourth-order valence-electron chi connectivity index (χ4n) is 0.733. The Kier molecular flexibility index (Phi) is 1.91. The molecule has 1 heterocycles. The highest BCUT2D eigenvalue weighted by molar-refractivity contribution is 5.02. The number of hydrogen-bond donors (Lipinski definition) is 3. The van der Waals surface area contributed by atoms with Crippen LogP contribution in [-0.4, -0.2) is 9.97 Å². The number of aromatic amines is 2. The topological polar surface area (TPSA) is 91.7 Å². The number of aromatic nitrogens is 2. The van der Waals surface area contributed by atoms with Crippen LogP contribution in [0.3, 0.4) is 0 Å². The van der Waals surface area contributed by atoms with Gasteiger partial charge in [0, 0.05) is 17.8 Å². The first-order valence-corrected chi connectivity index (χ1v) is 3.18. The fourth-order valence-corrected chi connectivity index (χ4v) is 0.733. The van der Waals surface area contributed by atoms with Crippen molar-refractivity contribution < 1.29 is 0 Å². The van der Waals surface area contributed by atoms with Crippen molar-refractivity contribution in [3.05, 3.63) is 32.6 Å². The lowest BCUT2D eigenvalue weighted by Gasteiger charge is -2.01. The van der Waals surface area contributed by atoms with Gasteiger partial charge in [-0.2, -0.15) is 0 Å². The highest BCUT2D eigenvalue weighted by Gasteiger charge is 2.00. The van der Waals surface area contributed by atoms with Gasteiger partial charge in [0.1, 0.15) is 0 Å². The van der Waals surface area contributed by atoms with E-state index in [1.54, 1.807) is 6.92 Å². The molecule has 1 unspecified atom stereocenters. The molecule has 0 aliphatic rings. The van der Waals surface area contributed by atoms with Gasteiger partial charge in [0.05, 0.1) is 0 Å². The van der Waals surface area contributed by atoms with E-state index in [2.05, 4.69) is 4.98 Å². The zero-order chi connectivity index (χ0) is 8.43. The first-order valence-electron chi connectivity index (χ1n) is 3.18. The standard InChI is InChI=1S/C6H9N3O2/c1-3(7)4-2-5(10)9-6(11)8-4/h2-3H,7H2,1H3,(H2,8,9,10,11). The smallest absolute Gasteiger partial charge is 0.323 e. The van der Waals surface area contributed by atoms with Crippen LogP contribution in [0.15, 0.2) is 15.7 Å². The van der Waals surface area contributed by atoms with E-state index in [4.69, 9.17) is 5.73 Å². The maximum absolute atomic E-state index is 10.7. The van der Waals surface area contributed by atoms with E-state index in [1.807, 2.05) is 4.98 Å². The number of nitrogens with one attached hydrogen (secondary N) is 2. The Hall–Kier alpha value is -1.36. The van der Waals surface area contributed by atoms with Gasteiger partial charge in [-0.25, -0.2) is 4.79 Å². The molecule has 0 fully saturated rings. The third-order valence-electron chi connectivity index (χ3n) is 1.27. The molecule has 1 atom stereocenters. The van der Waals surface area contributed by atoms with E-state index in [0.29, 0.717) is 5.69 Å². The van der Waals surface area contributed by atoms with Crippen LogP contribution in [0.2, 0.25) is 0 Å². The molecule has 0 saturated heterocycles. The van der Waals surface area contributed by atoms with Gasteiger partial charge in [0.25, 0.3) is 5.56 Å². The Bertz CT molecular complexity index is 321. The number of nitrogens with two attached hydrogens (primary N) is 1. The molecule has 0 aromatic carbocycles. The van der Waals surface area contributed by atoms with Crippen LogP contribution in [0.1, 0.15) is 18.7 Å². The molecular weight excluding hydrogens is 146 g/mol. The lowest BCUT2D eigenvalue weighted by molar-refractivity contribution is 0.760. The van der Waals surface area contributed by atoms with E-state index in [1.165, 1.54) is 6.07 Å². The third kappa shape index (κ3) is 1.78. The quantitative estimate of drug-likeness (QED) is 0.490. The van der Waals surface area contributed by atoms with Crippen LogP contribution in [0, 0.1) is 0 Å². The molecule has 11 heavy (non-hydrogen) atoms. The highest BCUT2D eigenvalue weighted by Crippen LogP contribution is 1.97. The molecule has 0 spiro atoms. The second-order valence-corrected chi connectivity index (χ2v) is 2.33. The molecule has 0 bridgehead atoms. The Labute approximate surface area is 62.3 Å². The Morgan fingerprint density at radius 3 is 2.55 bits per heavy atom. The van der Waals surface area contributed by atoms with Gasteiger partial charge >= 0.3 is 5.69 Å².